The Balaban J connectivity index is 2.73. The van der Waals surface area contributed by atoms with Crippen molar-refractivity contribution >= 4 is 11.5 Å². The Labute approximate surface area is 98.3 Å². The Kier molecular flexibility index (Phi) is 4.74. The number of carbonyl (C=O) groups is 1. The zero-order chi connectivity index (χ0) is 12.8. The van der Waals surface area contributed by atoms with Crippen LogP contribution >= 0.6 is 0 Å². The lowest BCUT2D eigenvalue weighted by Gasteiger charge is -2.11. The molecule has 17 heavy (non-hydrogen) atoms. The first-order valence-corrected chi connectivity index (χ1v) is 4.91. The molecule has 6 heteroatoms. The standard InChI is InChI=1S/C11H13NO5/c1-16-11(17-2)7-10(13)8-3-5-9(6-4-8)12(14)15/h3-6,11H,7H2,1-2H3. The summed E-state index contributed by atoms with van der Waals surface area (Å²) in [5.41, 5.74) is 0.353. The third-order valence-corrected chi connectivity index (χ3v) is 2.28. The number of rotatable bonds is 6. The van der Waals surface area contributed by atoms with Gasteiger partial charge in [0, 0.05) is 31.9 Å². The Morgan fingerprint density at radius 3 is 2.24 bits per heavy atom. The van der Waals surface area contributed by atoms with Crippen molar-refractivity contribution < 1.29 is 19.2 Å². The van der Waals surface area contributed by atoms with Crippen LogP contribution in [0.5, 0.6) is 0 Å². The summed E-state index contributed by atoms with van der Waals surface area (Å²) in [6.07, 6.45) is -0.525. The van der Waals surface area contributed by atoms with Gasteiger partial charge < -0.3 is 9.47 Å². The molecule has 0 spiro atoms. The highest BCUT2D eigenvalue weighted by Gasteiger charge is 2.15. The highest BCUT2D eigenvalue weighted by molar-refractivity contribution is 5.96. The number of ether oxygens (including phenoxy) is 2. The smallest absolute Gasteiger partial charge is 0.269 e. The van der Waals surface area contributed by atoms with E-state index in [1.54, 1.807) is 0 Å². The lowest BCUT2D eigenvalue weighted by Crippen LogP contribution is -2.18. The molecule has 0 saturated carbocycles. The molecule has 0 fully saturated rings. The van der Waals surface area contributed by atoms with Gasteiger partial charge in [-0.05, 0) is 12.1 Å². The van der Waals surface area contributed by atoms with E-state index in [4.69, 9.17) is 9.47 Å². The number of nitro benzene ring substituents is 1. The van der Waals surface area contributed by atoms with Crippen LogP contribution in [0.4, 0.5) is 5.69 Å². The summed E-state index contributed by atoms with van der Waals surface area (Å²) in [6.45, 7) is 0. The number of Topliss-reactive ketones (excluding diaryl/α,β-unsaturated/α-hetero) is 1. The molecule has 0 bridgehead atoms. The van der Waals surface area contributed by atoms with Gasteiger partial charge in [0.2, 0.25) is 0 Å². The van der Waals surface area contributed by atoms with Gasteiger partial charge in [0.25, 0.3) is 5.69 Å². The van der Waals surface area contributed by atoms with E-state index < -0.39 is 11.2 Å². The number of non-ortho nitro benzene ring substituents is 1. The number of methoxy groups -OCH3 is 2. The number of nitro groups is 1. The van der Waals surface area contributed by atoms with Crippen LogP contribution in [0.3, 0.4) is 0 Å². The molecule has 0 heterocycles. The molecular weight excluding hydrogens is 226 g/mol. The normalized spacial score (nSPS) is 10.5. The molecule has 0 aromatic heterocycles. The van der Waals surface area contributed by atoms with Gasteiger partial charge in [0.05, 0.1) is 11.3 Å². The van der Waals surface area contributed by atoms with Crippen molar-refractivity contribution in [3.63, 3.8) is 0 Å². The number of nitrogens with zero attached hydrogens (tertiary/aromatic N) is 1. The van der Waals surface area contributed by atoms with Crippen molar-refractivity contribution in [3.8, 4) is 0 Å². The highest BCUT2D eigenvalue weighted by Crippen LogP contribution is 2.14. The van der Waals surface area contributed by atoms with Crippen LogP contribution in [0.2, 0.25) is 0 Å². The van der Waals surface area contributed by atoms with Crippen LogP contribution in [0.25, 0.3) is 0 Å². The summed E-state index contributed by atoms with van der Waals surface area (Å²) in [5, 5.41) is 10.4. The molecule has 0 atom stereocenters. The average Bonchev–Trinajstić information content (AvgIpc) is 2.35. The minimum absolute atomic E-state index is 0.0448. The number of hydrogen-bond donors (Lipinski definition) is 0. The van der Waals surface area contributed by atoms with Crippen LogP contribution in [-0.4, -0.2) is 31.2 Å². The van der Waals surface area contributed by atoms with Crippen LogP contribution in [0, 0.1) is 10.1 Å². The fourth-order valence-electron chi connectivity index (χ4n) is 1.30. The Bertz CT molecular complexity index is 397. The van der Waals surface area contributed by atoms with E-state index >= 15 is 0 Å². The Hall–Kier alpha value is -1.79. The molecule has 0 N–H and O–H groups in total. The van der Waals surface area contributed by atoms with E-state index in [-0.39, 0.29) is 17.9 Å². The van der Waals surface area contributed by atoms with Crippen molar-refractivity contribution in [1.29, 1.82) is 0 Å². The molecule has 92 valence electrons. The van der Waals surface area contributed by atoms with Gasteiger partial charge in [0.1, 0.15) is 0 Å². The van der Waals surface area contributed by atoms with E-state index in [1.807, 2.05) is 0 Å². The molecule has 0 radical (unpaired) electrons. The van der Waals surface area contributed by atoms with E-state index in [2.05, 4.69) is 0 Å². The molecule has 1 rings (SSSR count). The Morgan fingerprint density at radius 1 is 1.29 bits per heavy atom. The molecule has 0 saturated heterocycles. The number of ketones is 1. The van der Waals surface area contributed by atoms with Crippen molar-refractivity contribution in [3.05, 3.63) is 39.9 Å². The first kappa shape index (κ1) is 13.3. The number of carbonyl (C=O) groups excluding carboxylic acids is 1. The second kappa shape index (κ2) is 6.07. The predicted octanol–water partition coefficient (Wildman–Crippen LogP) is 1.79. The summed E-state index contributed by atoms with van der Waals surface area (Å²) >= 11 is 0. The molecular formula is C11H13NO5. The first-order chi connectivity index (χ1) is 8.08. The van der Waals surface area contributed by atoms with E-state index in [1.165, 1.54) is 38.5 Å². The minimum atomic E-state index is -0.599. The number of hydrogen-bond acceptors (Lipinski definition) is 5. The van der Waals surface area contributed by atoms with Crippen LogP contribution in [0.15, 0.2) is 24.3 Å². The third-order valence-electron chi connectivity index (χ3n) is 2.28. The van der Waals surface area contributed by atoms with Crippen molar-refractivity contribution in [2.24, 2.45) is 0 Å². The first-order valence-electron chi connectivity index (χ1n) is 4.91. The highest BCUT2D eigenvalue weighted by atomic mass is 16.7. The fraction of sp³-hybridized carbons (Fsp3) is 0.364. The summed E-state index contributed by atoms with van der Waals surface area (Å²) in [6, 6.07) is 5.43. The van der Waals surface area contributed by atoms with Gasteiger partial charge in [-0.2, -0.15) is 0 Å². The van der Waals surface area contributed by atoms with Crippen LogP contribution < -0.4 is 0 Å². The minimum Gasteiger partial charge on any atom is -0.355 e. The third kappa shape index (κ3) is 3.61. The van der Waals surface area contributed by atoms with Gasteiger partial charge in [-0.1, -0.05) is 0 Å². The van der Waals surface area contributed by atoms with Crippen molar-refractivity contribution in [1.82, 2.24) is 0 Å². The predicted molar refractivity (Wildman–Crippen MR) is 59.8 cm³/mol. The Morgan fingerprint density at radius 2 is 1.82 bits per heavy atom. The topological polar surface area (TPSA) is 78.7 Å². The van der Waals surface area contributed by atoms with E-state index in [9.17, 15) is 14.9 Å². The number of benzene rings is 1. The summed E-state index contributed by atoms with van der Waals surface area (Å²) in [7, 11) is 2.88. The SMILES string of the molecule is COC(CC(=O)c1ccc([N+](=O)[O-])cc1)OC. The van der Waals surface area contributed by atoms with Crippen LogP contribution in [0.1, 0.15) is 16.8 Å². The maximum Gasteiger partial charge on any atom is 0.269 e. The summed E-state index contributed by atoms with van der Waals surface area (Å²) in [4.78, 5) is 21.6. The molecule has 6 nitrogen and oxygen atoms in total. The van der Waals surface area contributed by atoms with Gasteiger partial charge in [0.15, 0.2) is 12.1 Å². The zero-order valence-corrected chi connectivity index (χ0v) is 9.58. The molecule has 0 aliphatic rings. The van der Waals surface area contributed by atoms with Gasteiger partial charge >= 0.3 is 0 Å². The molecule has 0 aliphatic heterocycles. The molecule has 1 aromatic carbocycles. The lowest BCUT2D eigenvalue weighted by molar-refractivity contribution is -0.384. The fourth-order valence-corrected chi connectivity index (χ4v) is 1.30. The average molecular weight is 239 g/mol. The summed E-state index contributed by atoms with van der Waals surface area (Å²) in [5.74, 6) is -0.186. The largest absolute Gasteiger partial charge is 0.355 e. The van der Waals surface area contributed by atoms with Crippen molar-refractivity contribution in [2.75, 3.05) is 14.2 Å². The second-order valence-electron chi connectivity index (χ2n) is 3.33. The quantitative estimate of drug-likeness (QED) is 0.327. The monoisotopic (exact) mass is 239 g/mol. The van der Waals surface area contributed by atoms with Gasteiger partial charge in [-0.3, -0.25) is 14.9 Å². The molecule has 0 unspecified atom stereocenters. The molecule has 0 amide bonds. The van der Waals surface area contributed by atoms with E-state index in [0.29, 0.717) is 5.56 Å². The second-order valence-corrected chi connectivity index (χ2v) is 3.33. The molecule has 0 aliphatic carbocycles. The van der Waals surface area contributed by atoms with Gasteiger partial charge in [-0.15, -0.1) is 0 Å². The van der Waals surface area contributed by atoms with Crippen LogP contribution in [-0.2, 0) is 9.47 Å². The zero-order valence-electron chi connectivity index (χ0n) is 9.58. The maximum absolute atomic E-state index is 11.7. The maximum atomic E-state index is 11.7. The lowest BCUT2D eigenvalue weighted by atomic mass is 10.1. The van der Waals surface area contributed by atoms with Crippen molar-refractivity contribution in [2.45, 2.75) is 12.7 Å². The summed E-state index contributed by atoms with van der Waals surface area (Å²) < 4.78 is 9.80. The van der Waals surface area contributed by atoms with Gasteiger partial charge in [-0.25, -0.2) is 0 Å². The van der Waals surface area contributed by atoms with E-state index in [0.717, 1.165) is 0 Å². The molecule has 1 aromatic rings.